The summed E-state index contributed by atoms with van der Waals surface area (Å²) in [6.07, 6.45) is 0.684. The quantitative estimate of drug-likeness (QED) is 0.868. The zero-order valence-electron chi connectivity index (χ0n) is 8.70. The molecule has 2 unspecified atom stereocenters. The fraction of sp³-hybridized carbons (Fsp3) is 0.500. The molecule has 0 spiro atoms. The smallest absolute Gasteiger partial charge is 0.310 e. The van der Waals surface area contributed by atoms with Crippen LogP contribution in [-0.4, -0.2) is 13.1 Å². The van der Waals surface area contributed by atoms with Gasteiger partial charge < -0.3 is 10.5 Å². The molecule has 0 saturated heterocycles. The molecule has 3 nitrogen and oxygen atoms in total. The largest absolute Gasteiger partial charge is 0.469 e. The molecule has 0 aliphatic rings. The van der Waals surface area contributed by atoms with E-state index in [0.29, 0.717) is 6.42 Å². The first kappa shape index (κ1) is 12.7. The summed E-state index contributed by atoms with van der Waals surface area (Å²) in [5.41, 5.74) is 6.03. The van der Waals surface area contributed by atoms with Crippen LogP contribution in [0.15, 0.2) is 15.9 Å². The number of ether oxygens (including phenoxy) is 1. The van der Waals surface area contributed by atoms with Crippen molar-refractivity contribution in [3.8, 4) is 0 Å². The highest BCUT2D eigenvalue weighted by Gasteiger charge is 2.26. The third-order valence-corrected chi connectivity index (χ3v) is 4.09. The van der Waals surface area contributed by atoms with Gasteiger partial charge in [-0.25, -0.2) is 0 Å². The number of carbonyl (C=O) groups excluding carboxylic acids is 1. The number of hydrogen-bond acceptors (Lipinski definition) is 4. The van der Waals surface area contributed by atoms with Gasteiger partial charge in [-0.05, 0) is 28.4 Å². The molecule has 0 saturated carbocycles. The summed E-state index contributed by atoms with van der Waals surface area (Å²) in [4.78, 5) is 12.5. The molecule has 84 valence electrons. The van der Waals surface area contributed by atoms with Crippen LogP contribution in [0.4, 0.5) is 0 Å². The van der Waals surface area contributed by atoms with Gasteiger partial charge in [0.15, 0.2) is 0 Å². The van der Waals surface area contributed by atoms with Crippen molar-refractivity contribution in [2.45, 2.75) is 19.4 Å². The molecular weight excluding hydrogens is 278 g/mol. The molecule has 2 atom stereocenters. The zero-order valence-corrected chi connectivity index (χ0v) is 11.1. The van der Waals surface area contributed by atoms with Gasteiger partial charge in [-0.1, -0.05) is 6.92 Å². The summed E-state index contributed by atoms with van der Waals surface area (Å²) < 4.78 is 5.72. The minimum Gasteiger partial charge on any atom is -0.469 e. The standard InChI is InChI=1S/C10H14BrNO2S/c1-3-7(10(13)14-2)9(12)8-4-6(11)5-15-8/h4-5,7,9H,3,12H2,1-2H3. The maximum Gasteiger partial charge on any atom is 0.310 e. The van der Waals surface area contributed by atoms with Crippen molar-refractivity contribution in [2.24, 2.45) is 11.7 Å². The third kappa shape index (κ3) is 3.03. The number of thiophene rings is 1. The number of rotatable bonds is 4. The predicted octanol–water partition coefficient (Wildman–Crippen LogP) is 2.71. The van der Waals surface area contributed by atoms with Crippen molar-refractivity contribution in [2.75, 3.05) is 7.11 Å². The van der Waals surface area contributed by atoms with E-state index in [9.17, 15) is 4.79 Å². The predicted molar refractivity (Wildman–Crippen MR) is 64.7 cm³/mol. The maximum absolute atomic E-state index is 11.5. The Kier molecular flexibility index (Phi) is 4.76. The molecule has 2 N–H and O–H groups in total. The molecule has 1 heterocycles. The molecule has 15 heavy (non-hydrogen) atoms. The van der Waals surface area contributed by atoms with Crippen molar-refractivity contribution < 1.29 is 9.53 Å². The Morgan fingerprint density at radius 3 is 2.80 bits per heavy atom. The number of nitrogens with two attached hydrogens (primary N) is 1. The Labute approximate surface area is 102 Å². The number of hydrogen-bond donors (Lipinski definition) is 1. The van der Waals surface area contributed by atoms with Crippen LogP contribution in [0.25, 0.3) is 0 Å². The van der Waals surface area contributed by atoms with Gasteiger partial charge in [0.2, 0.25) is 0 Å². The number of halogens is 1. The summed E-state index contributed by atoms with van der Waals surface area (Å²) in [6, 6.07) is 1.67. The molecule has 0 radical (unpaired) electrons. The van der Waals surface area contributed by atoms with Crippen molar-refractivity contribution in [1.29, 1.82) is 0 Å². The first-order valence-electron chi connectivity index (χ1n) is 4.67. The van der Waals surface area contributed by atoms with Crippen LogP contribution < -0.4 is 5.73 Å². The highest BCUT2D eigenvalue weighted by molar-refractivity contribution is 9.10. The zero-order chi connectivity index (χ0) is 11.4. The van der Waals surface area contributed by atoms with Gasteiger partial charge in [0.25, 0.3) is 0 Å². The average Bonchev–Trinajstić information content (AvgIpc) is 2.65. The third-order valence-electron chi connectivity index (χ3n) is 2.29. The lowest BCUT2D eigenvalue weighted by Gasteiger charge is -2.18. The Morgan fingerprint density at radius 2 is 2.40 bits per heavy atom. The van der Waals surface area contributed by atoms with Crippen molar-refractivity contribution >= 4 is 33.2 Å². The van der Waals surface area contributed by atoms with E-state index in [1.807, 2.05) is 18.4 Å². The lowest BCUT2D eigenvalue weighted by molar-refractivity contribution is -0.146. The number of methoxy groups -OCH3 is 1. The Bertz CT molecular complexity index is 340. The van der Waals surface area contributed by atoms with Gasteiger partial charge in [-0.3, -0.25) is 4.79 Å². The minimum absolute atomic E-state index is 0.241. The van der Waals surface area contributed by atoms with Crippen molar-refractivity contribution in [3.63, 3.8) is 0 Å². The van der Waals surface area contributed by atoms with Gasteiger partial charge in [-0.15, -0.1) is 11.3 Å². The highest BCUT2D eigenvalue weighted by Crippen LogP contribution is 2.30. The second-order valence-corrected chi connectivity index (χ2v) is 5.09. The highest BCUT2D eigenvalue weighted by atomic mass is 79.9. The van der Waals surface area contributed by atoms with Crippen LogP contribution in [0.1, 0.15) is 24.3 Å². The maximum atomic E-state index is 11.5. The molecule has 1 aromatic heterocycles. The fourth-order valence-corrected chi connectivity index (χ4v) is 2.93. The number of esters is 1. The summed E-state index contributed by atoms with van der Waals surface area (Å²) in [5, 5.41) is 1.96. The SMILES string of the molecule is CCC(C(=O)OC)C(N)c1cc(Br)cs1. The van der Waals surface area contributed by atoms with Gasteiger partial charge in [-0.2, -0.15) is 0 Å². The topological polar surface area (TPSA) is 52.3 Å². The molecule has 0 bridgehead atoms. The van der Waals surface area contributed by atoms with Gasteiger partial charge >= 0.3 is 5.97 Å². The van der Waals surface area contributed by atoms with E-state index >= 15 is 0 Å². The second kappa shape index (κ2) is 5.63. The monoisotopic (exact) mass is 291 g/mol. The normalized spacial score (nSPS) is 14.7. The van der Waals surface area contributed by atoms with Gasteiger partial charge in [0.1, 0.15) is 0 Å². The molecule has 0 fully saturated rings. The average molecular weight is 292 g/mol. The summed E-state index contributed by atoms with van der Waals surface area (Å²) in [7, 11) is 1.39. The summed E-state index contributed by atoms with van der Waals surface area (Å²) >= 11 is 4.91. The lowest BCUT2D eigenvalue weighted by Crippen LogP contribution is -2.28. The second-order valence-electron chi connectivity index (χ2n) is 3.23. The Balaban J connectivity index is 2.81. The first-order valence-corrected chi connectivity index (χ1v) is 6.34. The van der Waals surface area contributed by atoms with Crippen LogP contribution in [0, 0.1) is 5.92 Å². The molecule has 0 amide bonds. The van der Waals surface area contributed by atoms with E-state index in [-0.39, 0.29) is 17.9 Å². The van der Waals surface area contributed by atoms with E-state index in [0.717, 1.165) is 9.35 Å². The Morgan fingerprint density at radius 1 is 1.73 bits per heavy atom. The minimum atomic E-state index is -0.279. The molecule has 1 rings (SSSR count). The fourth-order valence-electron chi connectivity index (χ4n) is 1.42. The molecule has 0 aliphatic heterocycles. The van der Waals surface area contributed by atoms with E-state index in [1.165, 1.54) is 7.11 Å². The van der Waals surface area contributed by atoms with Crippen LogP contribution in [-0.2, 0) is 9.53 Å². The van der Waals surface area contributed by atoms with Gasteiger partial charge in [0.05, 0.1) is 19.1 Å². The number of carbonyl (C=O) groups is 1. The van der Waals surface area contributed by atoms with Crippen molar-refractivity contribution in [1.82, 2.24) is 0 Å². The molecular formula is C10H14BrNO2S. The van der Waals surface area contributed by atoms with Gasteiger partial charge in [0, 0.05) is 14.7 Å². The molecule has 5 heteroatoms. The van der Waals surface area contributed by atoms with E-state index < -0.39 is 0 Å². The van der Waals surface area contributed by atoms with Crippen LogP contribution in [0.3, 0.4) is 0 Å². The van der Waals surface area contributed by atoms with Crippen LogP contribution >= 0.6 is 27.3 Å². The molecule has 0 aromatic carbocycles. The van der Waals surface area contributed by atoms with E-state index in [1.54, 1.807) is 11.3 Å². The van der Waals surface area contributed by atoms with E-state index in [4.69, 9.17) is 10.5 Å². The molecule has 0 aliphatic carbocycles. The summed E-state index contributed by atoms with van der Waals surface area (Å²) in [6.45, 7) is 1.93. The lowest BCUT2D eigenvalue weighted by atomic mass is 9.96. The summed E-state index contributed by atoms with van der Waals surface area (Å²) in [5.74, 6) is -0.505. The Hall–Kier alpha value is -0.390. The van der Waals surface area contributed by atoms with Crippen molar-refractivity contribution in [3.05, 3.63) is 20.8 Å². The van der Waals surface area contributed by atoms with E-state index in [2.05, 4.69) is 15.9 Å². The first-order chi connectivity index (χ1) is 7.10. The molecule has 1 aromatic rings. The van der Waals surface area contributed by atoms with Crippen LogP contribution in [0.2, 0.25) is 0 Å². The van der Waals surface area contributed by atoms with Crippen LogP contribution in [0.5, 0.6) is 0 Å².